The molecule has 4 heterocycles. The highest BCUT2D eigenvalue weighted by molar-refractivity contribution is 5.72. The molecule has 1 N–H and O–H groups in total. The van der Waals surface area contributed by atoms with Gasteiger partial charge >= 0.3 is 0 Å². The first-order valence-corrected chi connectivity index (χ1v) is 9.12. The predicted octanol–water partition coefficient (Wildman–Crippen LogP) is 0.956. The molecule has 144 valence electrons. The number of fused-ring (bicyclic) bond motifs is 1. The summed E-state index contributed by atoms with van der Waals surface area (Å²) in [7, 11) is 3.43. The summed E-state index contributed by atoms with van der Waals surface area (Å²) in [6.07, 6.45) is 5.28. The minimum absolute atomic E-state index is 0.0232. The molecule has 1 saturated heterocycles. The monoisotopic (exact) mass is 373 g/mol. The molecule has 1 fully saturated rings. The summed E-state index contributed by atoms with van der Waals surface area (Å²) in [5.74, 6) is 1.88. The zero-order valence-electron chi connectivity index (χ0n) is 15.5. The van der Waals surface area contributed by atoms with Gasteiger partial charge in [0.15, 0.2) is 11.5 Å². The van der Waals surface area contributed by atoms with Gasteiger partial charge in [-0.15, -0.1) is 0 Å². The summed E-state index contributed by atoms with van der Waals surface area (Å²) < 4.78 is 12.2. The van der Waals surface area contributed by atoms with E-state index >= 15 is 0 Å². The number of ether oxygens (including phenoxy) is 1. The topological polar surface area (TPSA) is 115 Å². The number of hydrogen-bond donors (Lipinski definition) is 1. The lowest BCUT2D eigenvalue weighted by Gasteiger charge is -2.32. The van der Waals surface area contributed by atoms with Crippen LogP contribution in [0.5, 0.6) is 0 Å². The molecule has 0 aliphatic carbocycles. The number of likely N-dealkylation sites (tertiary alicyclic amines) is 1. The Bertz CT molecular complexity index is 976. The van der Waals surface area contributed by atoms with Gasteiger partial charge in [0.1, 0.15) is 11.2 Å². The Morgan fingerprint density at radius 3 is 3.11 bits per heavy atom. The van der Waals surface area contributed by atoms with Gasteiger partial charge in [-0.05, 0) is 19.4 Å². The molecule has 0 spiro atoms. The zero-order valence-corrected chi connectivity index (χ0v) is 15.5. The number of nitrogens with one attached hydrogen (secondary N) is 1. The highest BCUT2D eigenvalue weighted by Gasteiger charge is 2.29. The first kappa shape index (κ1) is 17.8. The Kier molecular flexibility index (Phi) is 4.99. The normalized spacial score (nSPS) is 18.4. The maximum atomic E-state index is 12.3. The lowest BCUT2D eigenvalue weighted by Crippen LogP contribution is -2.34. The molecule has 0 amide bonds. The number of hydrogen-bond acceptors (Lipinski definition) is 8. The molecule has 0 aromatic carbocycles. The van der Waals surface area contributed by atoms with E-state index in [4.69, 9.17) is 9.26 Å². The van der Waals surface area contributed by atoms with E-state index in [2.05, 4.69) is 30.1 Å². The van der Waals surface area contributed by atoms with Crippen molar-refractivity contribution >= 4 is 11.0 Å². The molecule has 1 aliphatic heterocycles. The average molecular weight is 373 g/mol. The third-order valence-electron chi connectivity index (χ3n) is 4.92. The van der Waals surface area contributed by atoms with E-state index in [1.165, 1.54) is 6.20 Å². The second-order valence-corrected chi connectivity index (χ2v) is 6.79. The highest BCUT2D eigenvalue weighted by atomic mass is 16.5. The molecular formula is C17H23N7O3. The number of methoxy groups -OCH3 is 1. The second kappa shape index (κ2) is 7.57. The van der Waals surface area contributed by atoms with Crippen LogP contribution in [0.2, 0.25) is 0 Å². The Morgan fingerprint density at radius 2 is 2.26 bits per heavy atom. The van der Waals surface area contributed by atoms with Crippen molar-refractivity contribution < 1.29 is 9.26 Å². The van der Waals surface area contributed by atoms with Crippen LogP contribution in [0.25, 0.3) is 11.0 Å². The molecule has 0 bridgehead atoms. The SMILES string of the molecule is COCCc1noc(C2CCCCN2Cc2nc3c(cnn3C)c(=O)[nH]2)n1. The van der Waals surface area contributed by atoms with Crippen molar-refractivity contribution in [3.05, 3.63) is 34.1 Å². The lowest BCUT2D eigenvalue weighted by molar-refractivity contribution is 0.108. The van der Waals surface area contributed by atoms with Crippen molar-refractivity contribution in [2.75, 3.05) is 20.3 Å². The zero-order chi connectivity index (χ0) is 18.8. The number of nitrogens with zero attached hydrogens (tertiary/aromatic N) is 6. The molecule has 3 aromatic rings. The Hall–Kier alpha value is -2.59. The molecule has 1 atom stereocenters. The van der Waals surface area contributed by atoms with Gasteiger partial charge in [-0.3, -0.25) is 14.4 Å². The van der Waals surface area contributed by atoms with Crippen molar-refractivity contribution in [3.8, 4) is 0 Å². The Balaban J connectivity index is 1.57. The summed E-state index contributed by atoms with van der Waals surface area (Å²) in [5, 5.41) is 8.66. The average Bonchev–Trinajstić information content (AvgIpc) is 3.28. The molecular weight excluding hydrogens is 350 g/mol. The summed E-state index contributed by atoms with van der Waals surface area (Å²) in [6.45, 7) is 1.95. The number of piperidine rings is 1. The van der Waals surface area contributed by atoms with Gasteiger partial charge in [-0.25, -0.2) is 4.98 Å². The predicted molar refractivity (Wildman–Crippen MR) is 96.0 cm³/mol. The van der Waals surface area contributed by atoms with Gasteiger partial charge in [0.05, 0.1) is 25.4 Å². The van der Waals surface area contributed by atoms with Crippen LogP contribution in [0.1, 0.15) is 42.8 Å². The Morgan fingerprint density at radius 1 is 1.37 bits per heavy atom. The molecule has 0 radical (unpaired) electrons. The third-order valence-corrected chi connectivity index (χ3v) is 4.92. The van der Waals surface area contributed by atoms with Crippen molar-refractivity contribution in [3.63, 3.8) is 0 Å². The van der Waals surface area contributed by atoms with Crippen LogP contribution in [-0.4, -0.2) is 55.1 Å². The van der Waals surface area contributed by atoms with Crippen molar-refractivity contribution in [2.45, 2.75) is 38.3 Å². The van der Waals surface area contributed by atoms with E-state index in [-0.39, 0.29) is 11.6 Å². The van der Waals surface area contributed by atoms with Crippen molar-refractivity contribution in [1.82, 2.24) is 34.8 Å². The van der Waals surface area contributed by atoms with Crippen LogP contribution < -0.4 is 5.56 Å². The number of aromatic nitrogens is 6. The fourth-order valence-corrected chi connectivity index (χ4v) is 3.50. The highest BCUT2D eigenvalue weighted by Crippen LogP contribution is 2.30. The van der Waals surface area contributed by atoms with E-state index in [0.29, 0.717) is 48.1 Å². The van der Waals surface area contributed by atoms with Crippen LogP contribution >= 0.6 is 0 Å². The lowest BCUT2D eigenvalue weighted by atomic mass is 10.0. The second-order valence-electron chi connectivity index (χ2n) is 6.79. The van der Waals surface area contributed by atoms with E-state index < -0.39 is 0 Å². The molecule has 1 aliphatic rings. The Labute approximate surface area is 155 Å². The number of H-pyrrole nitrogens is 1. The minimum Gasteiger partial charge on any atom is -0.384 e. The van der Waals surface area contributed by atoms with Gasteiger partial charge in [-0.1, -0.05) is 11.6 Å². The van der Waals surface area contributed by atoms with Crippen LogP contribution in [-0.2, 0) is 24.8 Å². The summed E-state index contributed by atoms with van der Waals surface area (Å²) in [6, 6.07) is 0.0232. The summed E-state index contributed by atoms with van der Waals surface area (Å²) >= 11 is 0. The first-order chi connectivity index (χ1) is 13.2. The number of rotatable bonds is 6. The molecule has 27 heavy (non-hydrogen) atoms. The van der Waals surface area contributed by atoms with Crippen LogP contribution in [0.3, 0.4) is 0 Å². The molecule has 4 rings (SSSR count). The maximum absolute atomic E-state index is 12.3. The van der Waals surface area contributed by atoms with E-state index in [1.54, 1.807) is 18.8 Å². The minimum atomic E-state index is -0.170. The van der Waals surface area contributed by atoms with Gasteiger partial charge in [-0.2, -0.15) is 10.1 Å². The largest absolute Gasteiger partial charge is 0.384 e. The van der Waals surface area contributed by atoms with Gasteiger partial charge in [0.25, 0.3) is 5.56 Å². The van der Waals surface area contributed by atoms with Crippen LogP contribution in [0, 0.1) is 0 Å². The van der Waals surface area contributed by atoms with Gasteiger partial charge in [0, 0.05) is 20.6 Å². The maximum Gasteiger partial charge on any atom is 0.262 e. The fraction of sp³-hybridized carbons (Fsp3) is 0.588. The molecule has 10 nitrogen and oxygen atoms in total. The van der Waals surface area contributed by atoms with Crippen molar-refractivity contribution in [1.29, 1.82) is 0 Å². The number of aryl methyl sites for hydroxylation is 1. The van der Waals surface area contributed by atoms with Crippen molar-refractivity contribution in [2.24, 2.45) is 7.05 Å². The van der Waals surface area contributed by atoms with E-state index in [9.17, 15) is 4.79 Å². The van der Waals surface area contributed by atoms with E-state index in [0.717, 1.165) is 25.8 Å². The summed E-state index contributed by atoms with van der Waals surface area (Å²) in [5.41, 5.74) is 0.415. The van der Waals surface area contributed by atoms with Gasteiger partial charge in [0.2, 0.25) is 5.89 Å². The van der Waals surface area contributed by atoms with Gasteiger partial charge < -0.3 is 14.2 Å². The summed E-state index contributed by atoms with van der Waals surface area (Å²) in [4.78, 5) is 26.5. The standard InChI is InChI=1S/C17H23N7O3/c1-23-15-11(9-18-23)16(25)20-14(19-15)10-24-7-4-3-5-12(24)17-21-13(22-27-17)6-8-26-2/h9,12H,3-8,10H2,1-2H3,(H,19,20,25). The fourth-order valence-electron chi connectivity index (χ4n) is 3.50. The van der Waals surface area contributed by atoms with Crippen LogP contribution in [0.4, 0.5) is 0 Å². The third kappa shape index (κ3) is 3.62. The molecule has 1 unspecified atom stereocenters. The smallest absolute Gasteiger partial charge is 0.262 e. The van der Waals surface area contributed by atoms with E-state index in [1.807, 2.05) is 0 Å². The number of aromatic amines is 1. The first-order valence-electron chi connectivity index (χ1n) is 9.12. The molecule has 0 saturated carbocycles. The quantitative estimate of drug-likeness (QED) is 0.679. The molecule has 10 heteroatoms. The van der Waals surface area contributed by atoms with Crippen LogP contribution in [0.15, 0.2) is 15.5 Å². The molecule has 3 aromatic heterocycles.